The van der Waals surface area contributed by atoms with E-state index in [0.717, 1.165) is 16.3 Å². The predicted octanol–water partition coefficient (Wildman–Crippen LogP) is 3.17. The van der Waals surface area contributed by atoms with Crippen LogP contribution in [0, 0.1) is 6.92 Å². The maximum absolute atomic E-state index is 12.5. The summed E-state index contributed by atoms with van der Waals surface area (Å²) in [4.78, 5) is 0.140. The molecule has 0 saturated heterocycles. The van der Waals surface area contributed by atoms with Gasteiger partial charge >= 0.3 is 0 Å². The van der Waals surface area contributed by atoms with Crippen LogP contribution in [0.5, 0.6) is 5.75 Å². The average Bonchev–Trinajstić information content (AvgIpc) is 2.65. The van der Waals surface area contributed by atoms with Gasteiger partial charge in [-0.05, 0) is 47.0 Å². The van der Waals surface area contributed by atoms with Crippen molar-refractivity contribution in [3.05, 3.63) is 71.8 Å². The summed E-state index contributed by atoms with van der Waals surface area (Å²) in [6.45, 7) is 1.67. The molecule has 136 valence electrons. The van der Waals surface area contributed by atoms with E-state index in [0.29, 0.717) is 11.3 Å². The van der Waals surface area contributed by atoms with Gasteiger partial charge in [-0.15, -0.1) is 0 Å². The SMILES string of the molecule is COc1ccc(S(=O)(=O)NCC(O)c2cccc3ccccc23)cc1C. The Morgan fingerprint density at radius 1 is 1.08 bits per heavy atom. The van der Waals surface area contributed by atoms with Gasteiger partial charge in [0, 0.05) is 6.54 Å². The summed E-state index contributed by atoms with van der Waals surface area (Å²) < 4.78 is 32.7. The highest BCUT2D eigenvalue weighted by Crippen LogP contribution is 2.25. The molecule has 0 amide bonds. The molecule has 2 N–H and O–H groups in total. The van der Waals surface area contributed by atoms with Crippen LogP contribution < -0.4 is 9.46 Å². The maximum Gasteiger partial charge on any atom is 0.240 e. The monoisotopic (exact) mass is 371 g/mol. The molecule has 6 heteroatoms. The van der Waals surface area contributed by atoms with Gasteiger partial charge in [-0.1, -0.05) is 42.5 Å². The third-order valence-corrected chi connectivity index (χ3v) is 5.75. The molecule has 3 aromatic carbocycles. The minimum atomic E-state index is -3.73. The summed E-state index contributed by atoms with van der Waals surface area (Å²) in [5.74, 6) is 0.625. The Balaban J connectivity index is 1.80. The summed E-state index contributed by atoms with van der Waals surface area (Å²) in [7, 11) is -2.19. The van der Waals surface area contributed by atoms with Crippen LogP contribution in [0.15, 0.2) is 65.6 Å². The highest BCUT2D eigenvalue weighted by molar-refractivity contribution is 7.89. The average molecular weight is 371 g/mol. The van der Waals surface area contributed by atoms with Gasteiger partial charge in [-0.3, -0.25) is 0 Å². The van der Waals surface area contributed by atoms with Crippen LogP contribution in [-0.2, 0) is 10.0 Å². The van der Waals surface area contributed by atoms with E-state index in [1.807, 2.05) is 36.4 Å². The number of hydrogen-bond acceptors (Lipinski definition) is 4. The third-order valence-electron chi connectivity index (χ3n) is 4.33. The highest BCUT2D eigenvalue weighted by atomic mass is 32.2. The van der Waals surface area contributed by atoms with E-state index in [4.69, 9.17) is 4.74 Å². The molecule has 0 fully saturated rings. The fraction of sp³-hybridized carbons (Fsp3) is 0.200. The maximum atomic E-state index is 12.5. The van der Waals surface area contributed by atoms with Crippen molar-refractivity contribution in [2.75, 3.05) is 13.7 Å². The van der Waals surface area contributed by atoms with Gasteiger partial charge in [-0.25, -0.2) is 13.1 Å². The van der Waals surface area contributed by atoms with Crippen LogP contribution in [0.4, 0.5) is 0 Å². The summed E-state index contributed by atoms with van der Waals surface area (Å²) in [6, 6.07) is 17.9. The zero-order chi connectivity index (χ0) is 18.7. The Morgan fingerprint density at radius 2 is 1.81 bits per heavy atom. The Labute approximate surface area is 153 Å². The Bertz CT molecular complexity index is 1030. The second-order valence-electron chi connectivity index (χ2n) is 6.07. The highest BCUT2D eigenvalue weighted by Gasteiger charge is 2.18. The van der Waals surface area contributed by atoms with Crippen molar-refractivity contribution >= 4 is 20.8 Å². The van der Waals surface area contributed by atoms with Gasteiger partial charge < -0.3 is 9.84 Å². The number of ether oxygens (including phenoxy) is 1. The molecule has 3 aromatic rings. The molecule has 0 radical (unpaired) electrons. The summed E-state index contributed by atoms with van der Waals surface area (Å²) in [5, 5.41) is 12.4. The molecule has 0 aliphatic carbocycles. The molecule has 5 nitrogen and oxygen atoms in total. The van der Waals surface area contributed by atoms with Gasteiger partial charge in [0.05, 0.1) is 18.1 Å². The van der Waals surface area contributed by atoms with Gasteiger partial charge in [0.15, 0.2) is 0 Å². The number of aliphatic hydroxyl groups is 1. The second kappa shape index (κ2) is 7.45. The molecule has 1 atom stereocenters. The minimum absolute atomic E-state index is 0.110. The number of methoxy groups -OCH3 is 1. The first-order valence-electron chi connectivity index (χ1n) is 8.22. The van der Waals surface area contributed by atoms with Gasteiger partial charge in [-0.2, -0.15) is 0 Å². The smallest absolute Gasteiger partial charge is 0.240 e. The Hall–Kier alpha value is -2.41. The topological polar surface area (TPSA) is 75.6 Å². The molecule has 3 rings (SSSR count). The predicted molar refractivity (Wildman–Crippen MR) is 102 cm³/mol. The van der Waals surface area contributed by atoms with E-state index in [9.17, 15) is 13.5 Å². The number of rotatable bonds is 6. The number of nitrogens with one attached hydrogen (secondary N) is 1. The number of aliphatic hydroxyl groups excluding tert-OH is 1. The van der Waals surface area contributed by atoms with Gasteiger partial charge in [0.25, 0.3) is 0 Å². The van der Waals surface area contributed by atoms with Crippen LogP contribution in [0.1, 0.15) is 17.2 Å². The lowest BCUT2D eigenvalue weighted by molar-refractivity contribution is 0.183. The van der Waals surface area contributed by atoms with E-state index in [-0.39, 0.29) is 11.4 Å². The first kappa shape index (κ1) is 18.4. The molecule has 0 saturated carbocycles. The molecule has 0 aromatic heterocycles. The van der Waals surface area contributed by atoms with Crippen LogP contribution >= 0.6 is 0 Å². The first-order valence-corrected chi connectivity index (χ1v) is 9.71. The Kier molecular flexibility index (Phi) is 5.27. The molecule has 0 spiro atoms. The van der Waals surface area contributed by atoms with Crippen LogP contribution in [0.25, 0.3) is 10.8 Å². The van der Waals surface area contributed by atoms with Crippen molar-refractivity contribution in [2.24, 2.45) is 0 Å². The van der Waals surface area contributed by atoms with E-state index in [1.165, 1.54) is 13.2 Å². The van der Waals surface area contributed by atoms with E-state index in [2.05, 4.69) is 4.72 Å². The zero-order valence-electron chi connectivity index (χ0n) is 14.6. The van der Waals surface area contributed by atoms with Crippen molar-refractivity contribution in [2.45, 2.75) is 17.9 Å². The molecule has 0 aliphatic heterocycles. The van der Waals surface area contributed by atoms with Crippen LogP contribution in [0.3, 0.4) is 0 Å². The van der Waals surface area contributed by atoms with E-state index < -0.39 is 16.1 Å². The number of sulfonamides is 1. The van der Waals surface area contributed by atoms with Gasteiger partial charge in [0.2, 0.25) is 10.0 Å². The fourth-order valence-electron chi connectivity index (χ4n) is 2.94. The largest absolute Gasteiger partial charge is 0.496 e. The molecule has 26 heavy (non-hydrogen) atoms. The van der Waals surface area contributed by atoms with Crippen molar-refractivity contribution < 1.29 is 18.3 Å². The fourth-order valence-corrected chi connectivity index (χ4v) is 4.06. The number of fused-ring (bicyclic) bond motifs is 1. The summed E-state index contributed by atoms with van der Waals surface area (Å²) >= 11 is 0. The van der Waals surface area contributed by atoms with Gasteiger partial charge in [0.1, 0.15) is 5.75 Å². The summed E-state index contributed by atoms with van der Waals surface area (Å²) in [6.07, 6.45) is -0.949. The second-order valence-corrected chi connectivity index (χ2v) is 7.83. The molecule has 1 unspecified atom stereocenters. The van der Waals surface area contributed by atoms with Crippen molar-refractivity contribution in [3.63, 3.8) is 0 Å². The molecular formula is C20H21NO4S. The lowest BCUT2D eigenvalue weighted by Gasteiger charge is -2.15. The molecular weight excluding hydrogens is 350 g/mol. The standard InChI is InChI=1S/C20H21NO4S/c1-14-12-16(10-11-20(14)25-2)26(23,24)21-13-19(22)18-9-5-7-15-6-3-4-8-17(15)18/h3-12,19,21-22H,13H2,1-2H3. The zero-order valence-corrected chi connectivity index (χ0v) is 15.5. The van der Waals surface area contributed by atoms with E-state index >= 15 is 0 Å². The molecule has 0 aliphatic rings. The Morgan fingerprint density at radius 3 is 2.54 bits per heavy atom. The third kappa shape index (κ3) is 3.72. The molecule has 0 bridgehead atoms. The van der Waals surface area contributed by atoms with Crippen LogP contribution in [-0.4, -0.2) is 27.2 Å². The van der Waals surface area contributed by atoms with Crippen molar-refractivity contribution in [1.29, 1.82) is 0 Å². The number of hydrogen-bond donors (Lipinski definition) is 2. The normalized spacial score (nSPS) is 12.9. The van der Waals surface area contributed by atoms with Crippen molar-refractivity contribution in [1.82, 2.24) is 4.72 Å². The molecule has 0 heterocycles. The lowest BCUT2D eigenvalue weighted by atomic mass is 10.0. The lowest BCUT2D eigenvalue weighted by Crippen LogP contribution is -2.28. The first-order chi connectivity index (χ1) is 12.4. The summed E-state index contributed by atoms with van der Waals surface area (Å²) in [5.41, 5.74) is 1.42. The minimum Gasteiger partial charge on any atom is -0.496 e. The number of aryl methyl sites for hydroxylation is 1. The van der Waals surface area contributed by atoms with E-state index in [1.54, 1.807) is 25.1 Å². The number of benzene rings is 3. The van der Waals surface area contributed by atoms with Crippen LogP contribution in [0.2, 0.25) is 0 Å². The van der Waals surface area contributed by atoms with Crippen molar-refractivity contribution in [3.8, 4) is 5.75 Å². The quantitative estimate of drug-likeness (QED) is 0.698.